The summed E-state index contributed by atoms with van der Waals surface area (Å²) in [7, 11) is 0. The highest BCUT2D eigenvalue weighted by molar-refractivity contribution is 7.15. The Balaban J connectivity index is 1.89. The molecule has 0 spiro atoms. The lowest BCUT2D eigenvalue weighted by Gasteiger charge is -1.96. The third kappa shape index (κ3) is 2.32. The summed E-state index contributed by atoms with van der Waals surface area (Å²) in [5, 5.41) is 3.17. The van der Waals surface area contributed by atoms with Crippen LogP contribution in [0, 0.1) is 12.7 Å². The van der Waals surface area contributed by atoms with Crippen LogP contribution >= 0.6 is 11.3 Å². The first-order valence-corrected chi connectivity index (χ1v) is 6.31. The molecular weight excluding hydrogens is 267 g/mol. The minimum atomic E-state index is -0.382. The van der Waals surface area contributed by atoms with Gasteiger partial charge in [0, 0.05) is 23.5 Å². The highest BCUT2D eigenvalue weighted by Crippen LogP contribution is 2.17. The van der Waals surface area contributed by atoms with Crippen molar-refractivity contribution in [3.05, 3.63) is 47.1 Å². The summed E-state index contributed by atoms with van der Waals surface area (Å²) in [5.41, 5.74) is 0.736. The zero-order valence-corrected chi connectivity index (χ0v) is 10.7. The summed E-state index contributed by atoms with van der Waals surface area (Å²) in [6, 6.07) is 2.81. The molecule has 0 atom stereocenters. The van der Waals surface area contributed by atoms with Crippen LogP contribution in [0.1, 0.15) is 15.4 Å². The summed E-state index contributed by atoms with van der Waals surface area (Å²) in [6.07, 6.45) is 4.43. The van der Waals surface area contributed by atoms with Crippen molar-refractivity contribution < 1.29 is 9.18 Å². The fourth-order valence-electron chi connectivity index (χ4n) is 1.65. The van der Waals surface area contributed by atoms with Gasteiger partial charge in [-0.3, -0.25) is 10.1 Å². The molecule has 96 valence electrons. The van der Waals surface area contributed by atoms with Crippen molar-refractivity contribution in [3.63, 3.8) is 0 Å². The molecule has 0 aliphatic heterocycles. The lowest BCUT2D eigenvalue weighted by atomic mass is 10.4. The third-order valence-corrected chi connectivity index (χ3v) is 3.32. The van der Waals surface area contributed by atoms with Gasteiger partial charge < -0.3 is 4.40 Å². The van der Waals surface area contributed by atoms with Gasteiger partial charge in [-0.05, 0) is 19.1 Å². The van der Waals surface area contributed by atoms with Crippen LogP contribution in [0.5, 0.6) is 0 Å². The standard InChI is InChI=1S/C12H9FN4OS/c1-7-4-14-12(19-7)16-11(18)9-6-17-5-8(13)2-3-10(17)15-9/h2-6H,1H3,(H,14,16,18). The van der Waals surface area contributed by atoms with Crippen molar-refractivity contribution in [2.24, 2.45) is 0 Å². The minimum Gasteiger partial charge on any atom is -0.303 e. The van der Waals surface area contributed by atoms with Crippen molar-refractivity contribution >= 4 is 28.0 Å². The first-order valence-electron chi connectivity index (χ1n) is 5.50. The normalized spacial score (nSPS) is 10.8. The number of rotatable bonds is 2. The van der Waals surface area contributed by atoms with Gasteiger partial charge in [-0.25, -0.2) is 14.4 Å². The van der Waals surface area contributed by atoms with E-state index in [9.17, 15) is 9.18 Å². The summed E-state index contributed by atoms with van der Waals surface area (Å²) in [5.74, 6) is -0.745. The predicted molar refractivity (Wildman–Crippen MR) is 70.0 cm³/mol. The summed E-state index contributed by atoms with van der Waals surface area (Å²) >= 11 is 1.38. The van der Waals surface area contributed by atoms with Gasteiger partial charge in [-0.2, -0.15) is 0 Å². The SMILES string of the molecule is Cc1cnc(NC(=O)c2cn3cc(F)ccc3n2)s1. The van der Waals surface area contributed by atoms with Crippen molar-refractivity contribution in [2.75, 3.05) is 5.32 Å². The molecule has 0 aliphatic rings. The quantitative estimate of drug-likeness (QED) is 0.782. The molecule has 0 unspecified atom stereocenters. The number of nitrogens with one attached hydrogen (secondary N) is 1. The summed E-state index contributed by atoms with van der Waals surface area (Å²) in [6.45, 7) is 1.90. The molecule has 0 fully saturated rings. The smallest absolute Gasteiger partial charge is 0.277 e. The highest BCUT2D eigenvalue weighted by atomic mass is 32.1. The van der Waals surface area contributed by atoms with Gasteiger partial charge >= 0.3 is 0 Å². The van der Waals surface area contributed by atoms with Crippen molar-refractivity contribution in [1.29, 1.82) is 0 Å². The van der Waals surface area contributed by atoms with E-state index in [2.05, 4.69) is 15.3 Å². The molecule has 3 heterocycles. The number of anilines is 1. The molecule has 0 aliphatic carbocycles. The molecule has 1 amide bonds. The van der Waals surface area contributed by atoms with Crippen LogP contribution in [0.2, 0.25) is 0 Å². The Morgan fingerprint density at radius 1 is 1.42 bits per heavy atom. The maximum Gasteiger partial charge on any atom is 0.277 e. The first-order chi connectivity index (χ1) is 9.11. The molecule has 3 aromatic heterocycles. The van der Waals surface area contributed by atoms with Crippen LogP contribution in [0.15, 0.2) is 30.7 Å². The minimum absolute atomic E-state index is 0.221. The van der Waals surface area contributed by atoms with Crippen LogP contribution in [0.25, 0.3) is 5.65 Å². The van der Waals surface area contributed by atoms with E-state index in [-0.39, 0.29) is 17.4 Å². The Kier molecular flexibility index (Phi) is 2.75. The molecule has 0 aromatic carbocycles. The van der Waals surface area contributed by atoms with Crippen molar-refractivity contribution in [1.82, 2.24) is 14.4 Å². The van der Waals surface area contributed by atoms with Crippen LogP contribution in [0.3, 0.4) is 0 Å². The van der Waals surface area contributed by atoms with Crippen LogP contribution in [-0.2, 0) is 0 Å². The van der Waals surface area contributed by atoms with E-state index in [1.165, 1.54) is 40.3 Å². The number of hydrogen-bond acceptors (Lipinski definition) is 4. The Morgan fingerprint density at radius 3 is 3.00 bits per heavy atom. The number of halogens is 1. The number of pyridine rings is 1. The van der Waals surface area contributed by atoms with E-state index in [1.54, 1.807) is 6.20 Å². The molecule has 3 aromatic rings. The van der Waals surface area contributed by atoms with Crippen molar-refractivity contribution in [2.45, 2.75) is 6.92 Å². The zero-order valence-electron chi connectivity index (χ0n) is 9.92. The maximum atomic E-state index is 13.0. The van der Waals surface area contributed by atoms with Crippen molar-refractivity contribution in [3.8, 4) is 0 Å². The number of aryl methyl sites for hydroxylation is 1. The lowest BCUT2D eigenvalue weighted by Crippen LogP contribution is -2.11. The number of carbonyl (C=O) groups is 1. The zero-order chi connectivity index (χ0) is 13.4. The van der Waals surface area contributed by atoms with E-state index < -0.39 is 0 Å². The first kappa shape index (κ1) is 11.8. The average Bonchev–Trinajstić information content (AvgIpc) is 2.95. The number of thiazole rings is 1. The van der Waals surface area contributed by atoms with Crippen LogP contribution < -0.4 is 5.32 Å². The number of aromatic nitrogens is 3. The number of hydrogen-bond donors (Lipinski definition) is 1. The van der Waals surface area contributed by atoms with Gasteiger partial charge in [-0.15, -0.1) is 11.3 Å². The maximum absolute atomic E-state index is 13.0. The number of nitrogens with zero attached hydrogens (tertiary/aromatic N) is 3. The second-order valence-electron chi connectivity index (χ2n) is 3.97. The fraction of sp³-hybridized carbons (Fsp3) is 0.0833. The van der Waals surface area contributed by atoms with E-state index in [4.69, 9.17) is 0 Å². The molecule has 0 saturated heterocycles. The monoisotopic (exact) mass is 276 g/mol. The summed E-state index contributed by atoms with van der Waals surface area (Å²) in [4.78, 5) is 21.1. The van der Waals surface area contributed by atoms with E-state index >= 15 is 0 Å². The van der Waals surface area contributed by atoms with Gasteiger partial charge in [0.2, 0.25) is 0 Å². The van der Waals surface area contributed by atoms with Gasteiger partial charge in [0.1, 0.15) is 17.2 Å². The topological polar surface area (TPSA) is 59.3 Å². The Morgan fingerprint density at radius 2 is 2.26 bits per heavy atom. The van der Waals surface area contributed by atoms with E-state index in [1.807, 2.05) is 6.92 Å². The van der Waals surface area contributed by atoms with E-state index in [0.29, 0.717) is 10.8 Å². The number of carbonyl (C=O) groups excluding carboxylic acids is 1. The second kappa shape index (κ2) is 4.43. The molecule has 0 radical (unpaired) electrons. The van der Waals surface area contributed by atoms with Gasteiger partial charge in [0.25, 0.3) is 5.91 Å². The Hall–Kier alpha value is -2.28. The van der Waals surface area contributed by atoms with Gasteiger partial charge in [0.05, 0.1) is 0 Å². The van der Waals surface area contributed by atoms with Gasteiger partial charge in [-0.1, -0.05) is 0 Å². The summed E-state index contributed by atoms with van der Waals surface area (Å²) < 4.78 is 14.5. The Bertz CT molecular complexity index is 764. The number of fused-ring (bicyclic) bond motifs is 1. The predicted octanol–water partition coefficient (Wildman–Crippen LogP) is 2.49. The molecule has 1 N–H and O–H groups in total. The number of imidazole rings is 1. The van der Waals surface area contributed by atoms with Crippen LogP contribution in [0.4, 0.5) is 9.52 Å². The average molecular weight is 276 g/mol. The third-order valence-electron chi connectivity index (χ3n) is 2.49. The molecule has 3 rings (SSSR count). The number of amides is 1. The second-order valence-corrected chi connectivity index (χ2v) is 5.20. The molecule has 5 nitrogen and oxygen atoms in total. The van der Waals surface area contributed by atoms with E-state index in [0.717, 1.165) is 4.88 Å². The molecule has 19 heavy (non-hydrogen) atoms. The highest BCUT2D eigenvalue weighted by Gasteiger charge is 2.12. The molecule has 7 heteroatoms. The fourth-order valence-corrected chi connectivity index (χ4v) is 2.31. The Labute approximate surface area is 111 Å². The molecule has 0 bridgehead atoms. The van der Waals surface area contributed by atoms with Gasteiger partial charge in [0.15, 0.2) is 5.13 Å². The molecule has 0 saturated carbocycles. The lowest BCUT2D eigenvalue weighted by molar-refractivity contribution is 0.102. The molecular formula is C12H9FN4OS. The largest absolute Gasteiger partial charge is 0.303 e. The van der Waals surface area contributed by atoms with Crippen LogP contribution in [-0.4, -0.2) is 20.3 Å².